The van der Waals surface area contributed by atoms with Crippen LogP contribution in [-0.2, 0) is 9.53 Å². The predicted octanol–water partition coefficient (Wildman–Crippen LogP) is 1.53. The third-order valence-electron chi connectivity index (χ3n) is 3.81. The number of amides is 1. The molecule has 106 valence electrons. The van der Waals surface area contributed by atoms with Gasteiger partial charge in [-0.15, -0.1) is 0 Å². The van der Waals surface area contributed by atoms with Crippen LogP contribution in [0.25, 0.3) is 0 Å². The zero-order chi connectivity index (χ0) is 13.6. The van der Waals surface area contributed by atoms with Crippen molar-refractivity contribution in [3.05, 3.63) is 0 Å². The van der Waals surface area contributed by atoms with Crippen LogP contribution in [0.4, 0.5) is 0 Å². The van der Waals surface area contributed by atoms with Crippen molar-refractivity contribution in [3.8, 4) is 0 Å². The van der Waals surface area contributed by atoms with Crippen molar-refractivity contribution in [2.45, 2.75) is 56.4 Å². The highest BCUT2D eigenvalue weighted by molar-refractivity contribution is 7.99. The van der Waals surface area contributed by atoms with Gasteiger partial charge in [0.25, 0.3) is 0 Å². The van der Waals surface area contributed by atoms with E-state index >= 15 is 0 Å². The monoisotopic (exact) mass is 274 g/mol. The number of carbonyl (C=O) groups is 1. The first-order chi connectivity index (χ1) is 8.49. The molecule has 0 bridgehead atoms. The van der Waals surface area contributed by atoms with Gasteiger partial charge in [-0.25, -0.2) is 0 Å². The molecule has 3 atom stereocenters. The van der Waals surface area contributed by atoms with Gasteiger partial charge in [0.05, 0.1) is 11.6 Å². The number of ether oxygens (including phenoxy) is 1. The Bertz CT molecular complexity index is 276. The van der Waals surface area contributed by atoms with E-state index in [4.69, 9.17) is 10.5 Å². The van der Waals surface area contributed by atoms with Gasteiger partial charge < -0.3 is 15.8 Å². The second-order valence-corrected chi connectivity index (χ2v) is 6.52. The van der Waals surface area contributed by atoms with Crippen molar-refractivity contribution < 1.29 is 9.53 Å². The third kappa shape index (κ3) is 4.44. The molecule has 0 aromatic heterocycles. The van der Waals surface area contributed by atoms with Gasteiger partial charge in [-0.05, 0) is 45.9 Å². The molecular weight excluding hydrogens is 248 g/mol. The predicted molar refractivity (Wildman–Crippen MR) is 76.8 cm³/mol. The summed E-state index contributed by atoms with van der Waals surface area (Å²) in [6.45, 7) is 4.92. The van der Waals surface area contributed by atoms with Crippen LogP contribution >= 0.6 is 11.8 Å². The first-order valence-corrected chi connectivity index (χ1v) is 7.76. The Morgan fingerprint density at radius 3 is 2.78 bits per heavy atom. The Balaban J connectivity index is 2.13. The molecule has 3 unspecified atom stereocenters. The summed E-state index contributed by atoms with van der Waals surface area (Å²) in [5.74, 6) is 0.868. The molecule has 1 rings (SSSR count). The summed E-state index contributed by atoms with van der Waals surface area (Å²) in [6.07, 6.45) is 4.51. The fourth-order valence-electron chi connectivity index (χ4n) is 2.12. The molecular formula is C13H26N2O2S. The van der Waals surface area contributed by atoms with Crippen LogP contribution in [0.3, 0.4) is 0 Å². The van der Waals surface area contributed by atoms with E-state index in [9.17, 15) is 4.79 Å². The van der Waals surface area contributed by atoms with Crippen molar-refractivity contribution in [3.63, 3.8) is 0 Å². The summed E-state index contributed by atoms with van der Waals surface area (Å²) in [7, 11) is 1.79. The molecule has 18 heavy (non-hydrogen) atoms. The van der Waals surface area contributed by atoms with Gasteiger partial charge in [0.15, 0.2) is 0 Å². The van der Waals surface area contributed by atoms with Crippen molar-refractivity contribution in [1.82, 2.24) is 5.32 Å². The molecule has 1 aliphatic heterocycles. The maximum Gasteiger partial charge on any atom is 0.237 e. The number of hydrogen-bond acceptors (Lipinski definition) is 4. The van der Waals surface area contributed by atoms with Crippen LogP contribution in [-0.4, -0.2) is 42.2 Å². The van der Waals surface area contributed by atoms with Gasteiger partial charge in [-0.1, -0.05) is 6.42 Å². The number of nitrogens with one attached hydrogen (secondary N) is 1. The van der Waals surface area contributed by atoms with Gasteiger partial charge in [-0.2, -0.15) is 11.8 Å². The third-order valence-corrected chi connectivity index (χ3v) is 5.38. The first-order valence-electron chi connectivity index (χ1n) is 6.71. The Morgan fingerprint density at radius 2 is 2.28 bits per heavy atom. The van der Waals surface area contributed by atoms with Gasteiger partial charge in [-0.3, -0.25) is 4.79 Å². The van der Waals surface area contributed by atoms with Crippen molar-refractivity contribution in [2.24, 2.45) is 5.73 Å². The zero-order valence-electron chi connectivity index (χ0n) is 11.7. The van der Waals surface area contributed by atoms with E-state index in [0.29, 0.717) is 11.4 Å². The highest BCUT2D eigenvalue weighted by Gasteiger charge is 2.28. The molecule has 0 aliphatic carbocycles. The smallest absolute Gasteiger partial charge is 0.237 e. The largest absolute Gasteiger partial charge is 0.377 e. The number of nitrogens with two attached hydrogens (primary N) is 1. The molecule has 0 aromatic rings. The maximum absolute atomic E-state index is 11.3. The molecule has 0 saturated carbocycles. The van der Waals surface area contributed by atoms with Gasteiger partial charge in [0.1, 0.15) is 0 Å². The maximum atomic E-state index is 11.3. The highest BCUT2D eigenvalue weighted by atomic mass is 32.2. The van der Waals surface area contributed by atoms with E-state index < -0.39 is 5.54 Å². The van der Waals surface area contributed by atoms with E-state index in [2.05, 4.69) is 12.2 Å². The molecule has 5 heteroatoms. The van der Waals surface area contributed by atoms with Crippen LogP contribution in [0.2, 0.25) is 0 Å². The minimum Gasteiger partial charge on any atom is -0.377 e. The summed E-state index contributed by atoms with van der Waals surface area (Å²) in [5, 5.41) is 3.67. The Hall–Kier alpha value is -0.260. The average molecular weight is 274 g/mol. The van der Waals surface area contributed by atoms with E-state index in [1.54, 1.807) is 7.05 Å². The summed E-state index contributed by atoms with van der Waals surface area (Å²) < 4.78 is 5.53. The van der Waals surface area contributed by atoms with Gasteiger partial charge in [0.2, 0.25) is 5.91 Å². The lowest BCUT2D eigenvalue weighted by atomic mass is 9.94. The molecule has 3 N–H and O–H groups in total. The van der Waals surface area contributed by atoms with Crippen LogP contribution in [0.1, 0.15) is 39.5 Å². The van der Waals surface area contributed by atoms with Crippen molar-refractivity contribution in [2.75, 3.05) is 19.4 Å². The van der Waals surface area contributed by atoms with Crippen LogP contribution in [0.15, 0.2) is 0 Å². The molecule has 1 saturated heterocycles. The molecule has 4 nitrogen and oxygen atoms in total. The lowest BCUT2D eigenvalue weighted by Crippen LogP contribution is -2.51. The topological polar surface area (TPSA) is 64.3 Å². The molecule has 1 aliphatic rings. The fourth-order valence-corrected chi connectivity index (χ4v) is 3.40. The normalized spacial score (nSPS) is 27.1. The van der Waals surface area contributed by atoms with Crippen molar-refractivity contribution >= 4 is 17.7 Å². The number of likely N-dealkylation sites (N-methyl/N-ethyl adjacent to an activating group) is 1. The van der Waals surface area contributed by atoms with E-state index in [-0.39, 0.29) is 5.91 Å². The van der Waals surface area contributed by atoms with E-state index in [1.807, 2.05) is 18.7 Å². The number of unbranched alkanes of at least 4 members (excludes halogenated alkanes) is 1. The SMILES string of the molecule is CNC(C)(CCCCSC1CCOC1C)C(N)=O. The summed E-state index contributed by atoms with van der Waals surface area (Å²) in [4.78, 5) is 11.3. The van der Waals surface area contributed by atoms with Crippen LogP contribution < -0.4 is 11.1 Å². The number of hydrogen-bond donors (Lipinski definition) is 2. The minimum atomic E-state index is -0.561. The molecule has 0 aromatic carbocycles. The molecule has 0 spiro atoms. The zero-order valence-corrected chi connectivity index (χ0v) is 12.5. The lowest BCUT2D eigenvalue weighted by Gasteiger charge is -2.25. The molecule has 1 fully saturated rings. The number of thioether (sulfide) groups is 1. The molecule has 1 amide bonds. The van der Waals surface area contributed by atoms with E-state index in [1.165, 1.54) is 6.42 Å². The highest BCUT2D eigenvalue weighted by Crippen LogP contribution is 2.27. The first kappa shape index (κ1) is 15.8. The van der Waals surface area contributed by atoms with Crippen LogP contribution in [0, 0.1) is 0 Å². The quantitative estimate of drug-likeness (QED) is 0.659. The Labute approximate surface area is 114 Å². The van der Waals surface area contributed by atoms with Crippen molar-refractivity contribution in [1.29, 1.82) is 0 Å². The van der Waals surface area contributed by atoms with Gasteiger partial charge in [0, 0.05) is 11.9 Å². The summed E-state index contributed by atoms with van der Waals surface area (Å²) >= 11 is 2.00. The molecule has 0 radical (unpaired) electrons. The fraction of sp³-hybridized carbons (Fsp3) is 0.923. The second-order valence-electron chi connectivity index (χ2n) is 5.18. The van der Waals surface area contributed by atoms with Crippen LogP contribution in [0.5, 0.6) is 0 Å². The van der Waals surface area contributed by atoms with E-state index in [0.717, 1.165) is 31.6 Å². The summed E-state index contributed by atoms with van der Waals surface area (Å²) in [5.41, 5.74) is 4.83. The lowest BCUT2D eigenvalue weighted by molar-refractivity contribution is -0.123. The van der Waals surface area contributed by atoms with Gasteiger partial charge >= 0.3 is 0 Å². The Kier molecular flexibility index (Phi) is 6.46. The minimum absolute atomic E-state index is 0.268. The molecule has 1 heterocycles. The number of rotatable bonds is 8. The summed E-state index contributed by atoms with van der Waals surface area (Å²) in [6, 6.07) is 0. The average Bonchev–Trinajstić information content (AvgIpc) is 2.74. The number of carbonyl (C=O) groups excluding carboxylic acids is 1. The number of primary amides is 1. The second kappa shape index (κ2) is 7.36. The Morgan fingerprint density at radius 1 is 1.56 bits per heavy atom. The standard InChI is InChI=1S/C13H26N2O2S/c1-10-11(6-8-17-10)18-9-5-4-7-13(2,15-3)12(14)16/h10-11,15H,4-9H2,1-3H3,(H2,14,16).